The van der Waals surface area contributed by atoms with Gasteiger partial charge in [-0.2, -0.15) is 0 Å². The monoisotopic (exact) mass is 181 g/mol. The molecule has 0 aliphatic heterocycles. The van der Waals surface area contributed by atoms with E-state index in [1.807, 2.05) is 13.8 Å². The van der Waals surface area contributed by atoms with Crippen LogP contribution in [0.15, 0.2) is 12.4 Å². The van der Waals surface area contributed by atoms with Gasteiger partial charge in [-0.1, -0.05) is 6.92 Å². The van der Waals surface area contributed by atoms with Crippen molar-refractivity contribution in [3.63, 3.8) is 0 Å². The molecule has 0 aliphatic rings. The third-order valence-electron chi connectivity index (χ3n) is 1.51. The summed E-state index contributed by atoms with van der Waals surface area (Å²) in [7, 11) is 0. The zero-order valence-electron chi connectivity index (χ0n) is 8.03. The predicted molar refractivity (Wildman–Crippen MR) is 50.6 cm³/mol. The van der Waals surface area contributed by atoms with Crippen LogP contribution in [0.4, 0.5) is 0 Å². The van der Waals surface area contributed by atoms with Gasteiger partial charge >= 0.3 is 0 Å². The van der Waals surface area contributed by atoms with Crippen LogP contribution in [0.2, 0.25) is 0 Å². The molecule has 0 aromatic carbocycles. The predicted octanol–water partition coefficient (Wildman–Crippen LogP) is 0.765. The molecule has 4 heteroatoms. The van der Waals surface area contributed by atoms with Crippen LogP contribution < -0.4 is 10.5 Å². The van der Waals surface area contributed by atoms with Gasteiger partial charge in [0.15, 0.2) is 5.75 Å². The van der Waals surface area contributed by atoms with Crippen molar-refractivity contribution < 1.29 is 4.74 Å². The molecule has 0 amide bonds. The lowest BCUT2D eigenvalue weighted by molar-refractivity contribution is 0.293. The topological polar surface area (TPSA) is 61.0 Å². The molecule has 1 unspecified atom stereocenters. The largest absolute Gasteiger partial charge is 0.489 e. The Morgan fingerprint density at radius 1 is 1.46 bits per heavy atom. The van der Waals surface area contributed by atoms with E-state index in [1.165, 1.54) is 0 Å². The van der Waals surface area contributed by atoms with Crippen LogP contribution in [0.5, 0.6) is 5.75 Å². The summed E-state index contributed by atoms with van der Waals surface area (Å²) in [6, 6.07) is 0.0332. The maximum atomic E-state index is 5.53. The van der Waals surface area contributed by atoms with Crippen molar-refractivity contribution in [2.24, 2.45) is 5.73 Å². The van der Waals surface area contributed by atoms with E-state index in [-0.39, 0.29) is 6.04 Å². The summed E-state index contributed by atoms with van der Waals surface area (Å²) >= 11 is 0. The second-order valence-electron chi connectivity index (χ2n) is 2.98. The summed E-state index contributed by atoms with van der Waals surface area (Å²) in [6.07, 6.45) is 4.19. The Hall–Kier alpha value is -1.16. The van der Waals surface area contributed by atoms with Crippen molar-refractivity contribution in [1.29, 1.82) is 0 Å². The lowest BCUT2D eigenvalue weighted by Gasteiger charge is -2.07. The highest BCUT2D eigenvalue weighted by Gasteiger charge is 1.98. The number of aryl methyl sites for hydroxylation is 1. The van der Waals surface area contributed by atoms with Crippen molar-refractivity contribution in [3.8, 4) is 5.75 Å². The van der Waals surface area contributed by atoms with Crippen LogP contribution in [0.3, 0.4) is 0 Å². The van der Waals surface area contributed by atoms with Crippen molar-refractivity contribution in [3.05, 3.63) is 18.2 Å². The maximum Gasteiger partial charge on any atom is 0.155 e. The molecule has 1 heterocycles. The van der Waals surface area contributed by atoms with E-state index in [0.717, 1.165) is 12.2 Å². The Bertz CT molecular complexity index is 246. The molecule has 2 N–H and O–H groups in total. The van der Waals surface area contributed by atoms with Gasteiger partial charge in [-0.25, -0.2) is 9.97 Å². The lowest BCUT2D eigenvalue weighted by atomic mass is 10.4. The van der Waals surface area contributed by atoms with Crippen molar-refractivity contribution >= 4 is 0 Å². The third-order valence-corrected chi connectivity index (χ3v) is 1.51. The minimum absolute atomic E-state index is 0.0332. The molecule has 0 aliphatic carbocycles. The number of rotatable bonds is 4. The van der Waals surface area contributed by atoms with E-state index in [1.54, 1.807) is 12.4 Å². The van der Waals surface area contributed by atoms with Gasteiger partial charge in [0.05, 0.1) is 12.4 Å². The Morgan fingerprint density at radius 2 is 2.08 bits per heavy atom. The van der Waals surface area contributed by atoms with E-state index in [4.69, 9.17) is 10.5 Å². The Labute approximate surface area is 78.1 Å². The van der Waals surface area contributed by atoms with Crippen molar-refractivity contribution in [2.45, 2.75) is 26.3 Å². The van der Waals surface area contributed by atoms with Crippen LogP contribution in [0.1, 0.15) is 19.7 Å². The number of hydrogen-bond acceptors (Lipinski definition) is 4. The number of nitrogens with zero attached hydrogens (tertiary/aromatic N) is 2. The molecule has 0 saturated carbocycles. The summed E-state index contributed by atoms with van der Waals surface area (Å²) in [5.74, 6) is 1.50. The van der Waals surface area contributed by atoms with Gasteiger partial charge in [0.1, 0.15) is 12.4 Å². The second kappa shape index (κ2) is 4.77. The minimum Gasteiger partial charge on any atom is -0.489 e. The molecule has 0 fully saturated rings. The van der Waals surface area contributed by atoms with Gasteiger partial charge in [-0.15, -0.1) is 0 Å². The molecule has 0 radical (unpaired) electrons. The number of nitrogens with two attached hydrogens (primary N) is 1. The Balaban J connectivity index is 2.49. The highest BCUT2D eigenvalue weighted by molar-refractivity contribution is 5.12. The molecule has 4 nitrogen and oxygen atoms in total. The zero-order chi connectivity index (χ0) is 9.68. The molecule has 0 saturated heterocycles. The van der Waals surface area contributed by atoms with Gasteiger partial charge in [0.25, 0.3) is 0 Å². The average Bonchev–Trinajstić information content (AvgIpc) is 2.15. The van der Waals surface area contributed by atoms with E-state index in [9.17, 15) is 0 Å². The fraction of sp³-hybridized carbons (Fsp3) is 0.556. The number of ether oxygens (including phenoxy) is 1. The standard InChI is InChI=1S/C9H15N3O/c1-3-9-11-4-8(5-12-9)13-6-7(2)10/h4-5,7H,3,6,10H2,1-2H3. The zero-order valence-corrected chi connectivity index (χ0v) is 8.03. The summed E-state index contributed by atoms with van der Waals surface area (Å²) in [6.45, 7) is 4.40. The highest BCUT2D eigenvalue weighted by Crippen LogP contribution is 2.06. The summed E-state index contributed by atoms with van der Waals surface area (Å²) < 4.78 is 5.32. The van der Waals surface area contributed by atoms with Gasteiger partial charge < -0.3 is 10.5 Å². The molecule has 1 aromatic heterocycles. The van der Waals surface area contributed by atoms with Gasteiger partial charge in [-0.3, -0.25) is 0 Å². The first-order chi connectivity index (χ1) is 6.22. The van der Waals surface area contributed by atoms with Gasteiger partial charge in [0, 0.05) is 12.5 Å². The summed E-state index contributed by atoms with van der Waals surface area (Å²) in [5, 5.41) is 0. The third kappa shape index (κ3) is 3.38. The van der Waals surface area contributed by atoms with Gasteiger partial charge in [-0.05, 0) is 6.92 Å². The Morgan fingerprint density at radius 3 is 2.54 bits per heavy atom. The average molecular weight is 181 g/mol. The normalized spacial score (nSPS) is 12.5. The molecular weight excluding hydrogens is 166 g/mol. The van der Waals surface area contributed by atoms with Crippen LogP contribution in [0.25, 0.3) is 0 Å². The smallest absolute Gasteiger partial charge is 0.155 e. The summed E-state index contributed by atoms with van der Waals surface area (Å²) in [5.41, 5.74) is 5.53. The van der Waals surface area contributed by atoms with Crippen molar-refractivity contribution in [1.82, 2.24) is 9.97 Å². The maximum absolute atomic E-state index is 5.53. The Kier molecular flexibility index (Phi) is 3.64. The van der Waals surface area contributed by atoms with Crippen LogP contribution >= 0.6 is 0 Å². The van der Waals surface area contributed by atoms with Crippen molar-refractivity contribution in [2.75, 3.05) is 6.61 Å². The van der Waals surface area contributed by atoms with Gasteiger partial charge in [0.2, 0.25) is 0 Å². The first-order valence-electron chi connectivity index (χ1n) is 4.41. The molecule has 72 valence electrons. The minimum atomic E-state index is 0.0332. The van der Waals surface area contributed by atoms with E-state index in [2.05, 4.69) is 9.97 Å². The molecular formula is C9H15N3O. The van der Waals surface area contributed by atoms with E-state index >= 15 is 0 Å². The molecule has 1 rings (SSSR count). The fourth-order valence-corrected chi connectivity index (χ4v) is 0.828. The molecule has 13 heavy (non-hydrogen) atoms. The second-order valence-corrected chi connectivity index (χ2v) is 2.98. The number of aromatic nitrogens is 2. The molecule has 1 aromatic rings. The van der Waals surface area contributed by atoms with Crippen LogP contribution in [-0.4, -0.2) is 22.6 Å². The SMILES string of the molecule is CCc1ncc(OCC(C)N)cn1. The van der Waals surface area contributed by atoms with E-state index in [0.29, 0.717) is 12.4 Å². The van der Waals surface area contributed by atoms with Crippen LogP contribution in [-0.2, 0) is 6.42 Å². The van der Waals surface area contributed by atoms with Crippen LogP contribution in [0, 0.1) is 0 Å². The fourth-order valence-electron chi connectivity index (χ4n) is 0.828. The molecule has 0 spiro atoms. The summed E-state index contributed by atoms with van der Waals surface area (Å²) in [4.78, 5) is 8.20. The quantitative estimate of drug-likeness (QED) is 0.745. The molecule has 0 bridgehead atoms. The lowest BCUT2D eigenvalue weighted by Crippen LogP contribution is -2.23. The van der Waals surface area contributed by atoms with E-state index < -0.39 is 0 Å². The highest BCUT2D eigenvalue weighted by atomic mass is 16.5. The molecule has 1 atom stereocenters. The first kappa shape index (κ1) is 9.92. The number of hydrogen-bond donors (Lipinski definition) is 1. The first-order valence-corrected chi connectivity index (χ1v) is 4.41.